The number of aryl methyl sites for hydroxylation is 1. The summed E-state index contributed by atoms with van der Waals surface area (Å²) >= 11 is 0. The molecule has 0 radical (unpaired) electrons. The molecule has 111 heavy (non-hydrogen) atoms. The second-order valence-corrected chi connectivity index (χ2v) is 30.4. The van der Waals surface area contributed by atoms with Crippen molar-refractivity contribution in [3.8, 4) is 0 Å². The lowest BCUT2D eigenvalue weighted by atomic mass is 9.99. The Morgan fingerprint density at radius 3 is 1.47 bits per heavy atom. The van der Waals surface area contributed by atoms with Crippen LogP contribution in [0.1, 0.15) is 99.2 Å². The van der Waals surface area contributed by atoms with Crippen molar-refractivity contribution in [2.45, 2.75) is 175 Å². The molecule has 0 unspecified atom stereocenters. The van der Waals surface area contributed by atoms with Crippen LogP contribution in [-0.2, 0) is 94.4 Å². The molecule has 3 aliphatic heterocycles. The van der Waals surface area contributed by atoms with Crippen molar-refractivity contribution >= 4 is 115 Å². The van der Waals surface area contributed by atoms with Crippen molar-refractivity contribution in [2.24, 2.45) is 17.2 Å². The summed E-state index contributed by atoms with van der Waals surface area (Å²) < 4.78 is 5.89. The zero-order chi connectivity index (χ0) is 78.8. The summed E-state index contributed by atoms with van der Waals surface area (Å²) in [6, 6.07) is 8.94. The van der Waals surface area contributed by atoms with Crippen LogP contribution in [0, 0.1) is 0 Å². The predicted molar refractivity (Wildman–Crippen MR) is 415 cm³/mol. The minimum atomic E-state index is -2.14. The van der Waals surface area contributed by atoms with Gasteiger partial charge in [0.1, 0.15) is 72.9 Å². The molecular formula is C75H99N21O13S2. The van der Waals surface area contributed by atoms with Gasteiger partial charge in [0.15, 0.2) is 5.37 Å². The van der Waals surface area contributed by atoms with Gasteiger partial charge >= 0.3 is 0 Å². The van der Waals surface area contributed by atoms with E-state index in [1.54, 1.807) is 54.9 Å². The van der Waals surface area contributed by atoms with Crippen LogP contribution in [0.2, 0.25) is 0 Å². The highest BCUT2D eigenvalue weighted by Gasteiger charge is 2.44. The number of aldehydes is 1. The van der Waals surface area contributed by atoms with Gasteiger partial charge in [0.2, 0.25) is 59.1 Å². The van der Waals surface area contributed by atoms with Crippen LogP contribution in [0.4, 0.5) is 0 Å². The first-order chi connectivity index (χ1) is 53.7. The minimum Gasteiger partial charge on any atom is -0.361 e. The highest BCUT2D eigenvalue weighted by Crippen LogP contribution is 2.32. The number of unbranched alkanes of at least 4 members (excludes halogenated alkanes) is 3. The molecule has 21 N–H and O–H groups in total. The molecule has 0 aliphatic carbocycles. The summed E-state index contributed by atoms with van der Waals surface area (Å²) in [6.07, 6.45) is 11.1. The van der Waals surface area contributed by atoms with Gasteiger partial charge in [0, 0.05) is 84.6 Å². The molecule has 0 saturated carbocycles. The summed E-state index contributed by atoms with van der Waals surface area (Å²) in [5.41, 5.74) is 19.6. The van der Waals surface area contributed by atoms with E-state index in [9.17, 15) is 19.2 Å². The first kappa shape index (κ1) is 83.0. The number of para-hydroxylation sites is 2. The maximum absolute atomic E-state index is 15.8. The van der Waals surface area contributed by atoms with E-state index in [0.29, 0.717) is 89.0 Å². The van der Waals surface area contributed by atoms with Crippen LogP contribution in [0.3, 0.4) is 0 Å². The number of rotatable bonds is 24. The molecule has 3 saturated heterocycles. The van der Waals surface area contributed by atoms with Crippen molar-refractivity contribution in [3.63, 3.8) is 0 Å². The summed E-state index contributed by atoms with van der Waals surface area (Å²) in [4.78, 5) is 204. The Morgan fingerprint density at radius 1 is 0.495 bits per heavy atom. The number of nitrogens with two attached hydrogens (primary N) is 3. The molecule has 3 aromatic carbocycles. The number of aromatic nitrogens is 6. The SMILES string of the molecule is C[C@@H]1NC[C@@]2(C=O)CSS[C@H](NC(=O)[C@H](Cc3c[nH]c4ccccc34)NC(=O)[C@H](CCCCN)NC(=O)[C@H](CCCCN)NC(=O)[C@H](CCCCN)NC1=O)C(=O)N1COC[C@H]1C(=O)N[C@@H](Cc1c[nH]cn1)C(=O)N[C@H](Cc1ccccc1)C(=O)N[C@@H](Cc1c[nH]cn1)C(=O)N[C@@H](CCc1c[nH]c3ccccc13)C(=O)N2. The average molecular weight is 1570 g/mol. The van der Waals surface area contributed by atoms with Gasteiger partial charge in [-0.25, -0.2) is 9.97 Å². The molecular weight excluding hydrogens is 1470 g/mol. The number of hydrogen-bond donors (Lipinski definition) is 18. The monoisotopic (exact) mass is 1570 g/mol. The van der Waals surface area contributed by atoms with E-state index < -0.39 is 162 Å². The van der Waals surface area contributed by atoms with Gasteiger partial charge in [0.05, 0.1) is 36.7 Å². The number of carbonyl (C=O) groups excluding carboxylic acids is 12. The van der Waals surface area contributed by atoms with Gasteiger partial charge in [-0.1, -0.05) is 88.3 Å². The molecule has 12 atom stereocenters. The van der Waals surface area contributed by atoms with Gasteiger partial charge in [0.25, 0.3) is 5.91 Å². The third kappa shape index (κ3) is 23.1. The zero-order valence-corrected chi connectivity index (χ0v) is 63.3. The minimum absolute atomic E-state index is 0.000785. The lowest BCUT2D eigenvalue weighted by molar-refractivity contribution is -0.141. The van der Waals surface area contributed by atoms with Crippen LogP contribution in [0.5, 0.6) is 0 Å². The summed E-state index contributed by atoms with van der Waals surface area (Å²) in [5, 5.41) is 31.1. The number of aromatic amines is 4. The maximum atomic E-state index is 15.8. The molecule has 34 nitrogen and oxygen atoms in total. The number of carbonyl (C=O) groups is 12. The Balaban J connectivity index is 1.10. The highest BCUT2D eigenvalue weighted by molar-refractivity contribution is 8.77. The van der Waals surface area contributed by atoms with Crippen molar-refractivity contribution in [3.05, 3.63) is 144 Å². The lowest BCUT2D eigenvalue weighted by Gasteiger charge is -2.34. The summed E-state index contributed by atoms with van der Waals surface area (Å²) in [6.45, 7) is 0.624. The quantitative estimate of drug-likeness (QED) is 0.0203. The Kier molecular flexibility index (Phi) is 30.6. The van der Waals surface area contributed by atoms with E-state index in [-0.39, 0.29) is 77.4 Å². The van der Waals surface area contributed by atoms with Gasteiger partial charge < -0.3 is 110 Å². The van der Waals surface area contributed by atoms with Gasteiger partial charge in [-0.3, -0.25) is 52.7 Å². The second-order valence-electron chi connectivity index (χ2n) is 28.0. The first-order valence-corrected chi connectivity index (χ1v) is 39.8. The smallest absolute Gasteiger partial charge is 0.259 e. The molecule has 3 fully saturated rings. The fourth-order valence-corrected chi connectivity index (χ4v) is 16.1. The Morgan fingerprint density at radius 2 is 0.946 bits per heavy atom. The Labute approximate surface area is 648 Å². The molecule has 0 spiro atoms. The Bertz CT molecular complexity index is 4320. The molecule has 11 amide bonds. The molecule has 594 valence electrons. The molecule has 7 aromatic rings. The predicted octanol–water partition coefficient (Wildman–Crippen LogP) is -0.668. The topological polar surface area (TPSA) is 517 Å². The number of imidazole rings is 2. The standard InChI is InChI=1S/C75H99N21O13S2/c1-44-63(98)86-54(21-9-12-26-76)64(99)87-55(22-10-13-27-77)65(100)88-56(23-11-14-28-78)66(101)91-59(30-47-34-82-53-20-8-6-18-51(47)53)70(105)94-73-74(108)96-43-109-37-62(96)72(107)93-61(32-49-36-80-42-85-49)69(104)90-58(29-45-15-3-2-4-16-45)67(102)92-60(31-48-35-79-41-84-48)68(103)89-57(25-24-46-33-81-52-19-7-5-17-50(46)52)71(106)95-75(39-97,38-83-44)40-110-111-73/h2-8,15-20,33-36,39,41-42,44,54-62,73,81-83H,9-14,21-32,37-38,40,43,76-78H2,1H3,(H,79,84)(H,80,85)(H,86,98)(H,87,99)(H,88,100)(H,89,103)(H,90,104)(H,91,101)(H,92,102)(H,93,107)(H,94,105)(H,95,106)/t44-,54-,55-,56-,57-,58+,59-,60-,61-,62-,73-,75+/m0/s1. The number of hydrogen-bond acceptors (Lipinski definition) is 21. The van der Waals surface area contributed by atoms with E-state index in [1.165, 1.54) is 32.0 Å². The van der Waals surface area contributed by atoms with E-state index in [0.717, 1.165) is 32.2 Å². The van der Waals surface area contributed by atoms with Gasteiger partial charge in [-0.05, 0) is 126 Å². The zero-order valence-electron chi connectivity index (χ0n) is 61.7. The largest absolute Gasteiger partial charge is 0.361 e. The van der Waals surface area contributed by atoms with E-state index in [4.69, 9.17) is 21.9 Å². The number of ether oxygens (including phenoxy) is 1. The number of nitrogens with one attached hydrogen (secondary N) is 15. The number of fused-ring (bicyclic) bond motifs is 7. The summed E-state index contributed by atoms with van der Waals surface area (Å²) in [7, 11) is 1.50. The molecule has 3 aliphatic rings. The van der Waals surface area contributed by atoms with Crippen molar-refractivity contribution in [1.29, 1.82) is 0 Å². The molecule has 7 heterocycles. The van der Waals surface area contributed by atoms with Crippen LogP contribution in [0.15, 0.2) is 116 Å². The summed E-state index contributed by atoms with van der Waals surface area (Å²) in [5.74, 6) is -10.00. The first-order valence-electron chi connectivity index (χ1n) is 37.4. The van der Waals surface area contributed by atoms with E-state index in [2.05, 4.69) is 88.4 Å². The van der Waals surface area contributed by atoms with Crippen molar-refractivity contribution in [2.75, 3.05) is 45.3 Å². The van der Waals surface area contributed by atoms with Gasteiger partial charge in [-0.2, -0.15) is 0 Å². The van der Waals surface area contributed by atoms with E-state index in [1.807, 2.05) is 36.4 Å². The average Bonchev–Trinajstić information content (AvgIpc) is 1.73. The second kappa shape index (κ2) is 41.0. The molecule has 36 heteroatoms. The molecule has 10 rings (SSSR count). The van der Waals surface area contributed by atoms with Crippen molar-refractivity contribution in [1.82, 2.24) is 93.3 Å². The van der Waals surface area contributed by atoms with Crippen LogP contribution >= 0.6 is 21.6 Å². The lowest BCUT2D eigenvalue weighted by Crippen LogP contribution is -2.64. The number of benzene rings is 3. The van der Waals surface area contributed by atoms with Crippen LogP contribution in [-0.4, -0.2) is 223 Å². The maximum Gasteiger partial charge on any atom is 0.259 e. The normalized spacial score (nSPS) is 25.1. The molecule has 2 bridgehead atoms. The highest BCUT2D eigenvalue weighted by atomic mass is 33.1. The van der Waals surface area contributed by atoms with Gasteiger partial charge in [-0.15, -0.1) is 0 Å². The fraction of sp³-hybridized carbons (Fsp3) is 0.467. The van der Waals surface area contributed by atoms with E-state index >= 15 is 38.4 Å². The number of nitrogens with zero attached hydrogens (tertiary/aromatic N) is 3. The van der Waals surface area contributed by atoms with Crippen LogP contribution in [0.25, 0.3) is 21.8 Å². The van der Waals surface area contributed by atoms with Crippen LogP contribution < -0.4 is 75.7 Å². The Hall–Kier alpha value is -10.5. The molecule has 4 aromatic heterocycles. The number of H-pyrrole nitrogens is 4. The third-order valence-corrected chi connectivity index (χ3v) is 22.4. The number of amides is 11. The fourth-order valence-electron chi connectivity index (χ4n) is 13.4. The third-order valence-electron chi connectivity index (χ3n) is 19.8. The van der Waals surface area contributed by atoms with Crippen molar-refractivity contribution < 1.29 is 62.3 Å².